The van der Waals surface area contributed by atoms with Gasteiger partial charge in [-0.15, -0.1) is 11.8 Å². The van der Waals surface area contributed by atoms with E-state index in [0.717, 1.165) is 16.1 Å². The van der Waals surface area contributed by atoms with E-state index in [2.05, 4.69) is 0 Å². The molecule has 5 heteroatoms. The molecule has 1 aromatic rings. The average Bonchev–Trinajstić information content (AvgIpc) is 2.20. The van der Waals surface area contributed by atoms with E-state index in [0.29, 0.717) is 15.8 Å². The molecule has 0 N–H and O–H groups in total. The lowest BCUT2D eigenvalue weighted by Crippen LogP contribution is -2.31. The van der Waals surface area contributed by atoms with Gasteiger partial charge in [0.2, 0.25) is 5.91 Å². The Kier molecular flexibility index (Phi) is 2.88. The molecular weight excluding hydrogens is 253 g/mol. The second kappa shape index (κ2) is 3.89. The Hall–Kier alpha value is -0.380. The molecule has 0 atom stereocenters. The number of nitrogens with zero attached hydrogens (tertiary/aromatic N) is 1. The number of hydrogen-bond donors (Lipinski definition) is 0. The number of fused-ring (bicyclic) bond motifs is 1. The van der Waals surface area contributed by atoms with Gasteiger partial charge >= 0.3 is 0 Å². The lowest BCUT2D eigenvalue weighted by molar-refractivity contribution is -0.116. The molecule has 2 nitrogen and oxygen atoms in total. The van der Waals surface area contributed by atoms with E-state index in [9.17, 15) is 4.79 Å². The first-order valence-electron chi connectivity index (χ1n) is 4.40. The van der Waals surface area contributed by atoms with Crippen molar-refractivity contribution in [2.24, 2.45) is 0 Å². The van der Waals surface area contributed by atoms with Crippen molar-refractivity contribution in [3.8, 4) is 0 Å². The summed E-state index contributed by atoms with van der Waals surface area (Å²) in [7, 11) is 1.74. The molecule has 2 rings (SSSR count). The fraction of sp³-hybridized carbons (Fsp3) is 0.300. The molecular formula is C10H9Cl2NOS. The third-order valence-corrected chi connectivity index (χ3v) is 4.32. The molecule has 80 valence electrons. The normalized spacial score (nSPS) is 15.5. The van der Waals surface area contributed by atoms with Gasteiger partial charge in [0.25, 0.3) is 0 Å². The largest absolute Gasteiger partial charge is 0.312 e. The van der Waals surface area contributed by atoms with Gasteiger partial charge in [-0.05, 0) is 18.6 Å². The summed E-state index contributed by atoms with van der Waals surface area (Å²) in [6, 6.07) is 1.87. The second-order valence-corrected chi connectivity index (χ2v) is 5.19. The predicted molar refractivity (Wildman–Crippen MR) is 65.3 cm³/mol. The number of halogens is 2. The van der Waals surface area contributed by atoms with E-state index in [1.807, 2.05) is 13.0 Å². The molecule has 0 unspecified atom stereocenters. The number of amides is 1. The molecule has 0 saturated heterocycles. The van der Waals surface area contributed by atoms with Gasteiger partial charge < -0.3 is 4.90 Å². The quantitative estimate of drug-likeness (QED) is 0.714. The van der Waals surface area contributed by atoms with Crippen LogP contribution in [0.25, 0.3) is 0 Å². The van der Waals surface area contributed by atoms with Gasteiger partial charge in [-0.3, -0.25) is 4.79 Å². The van der Waals surface area contributed by atoms with Gasteiger partial charge in [0.1, 0.15) is 0 Å². The predicted octanol–water partition coefficient (Wildman–Crippen LogP) is 3.37. The van der Waals surface area contributed by atoms with Crippen LogP contribution in [-0.2, 0) is 4.79 Å². The number of hydrogen-bond acceptors (Lipinski definition) is 2. The molecule has 1 aliphatic rings. The minimum absolute atomic E-state index is 0.0659. The van der Waals surface area contributed by atoms with Crippen molar-refractivity contribution >= 4 is 46.6 Å². The fourth-order valence-electron chi connectivity index (χ4n) is 1.47. The Morgan fingerprint density at radius 2 is 2.13 bits per heavy atom. The summed E-state index contributed by atoms with van der Waals surface area (Å²) in [6.45, 7) is 1.85. The molecule has 0 saturated carbocycles. The maximum absolute atomic E-state index is 11.5. The van der Waals surface area contributed by atoms with Crippen LogP contribution in [0.1, 0.15) is 5.56 Å². The molecule has 0 spiro atoms. The maximum Gasteiger partial charge on any atom is 0.237 e. The molecule has 1 aliphatic heterocycles. The lowest BCUT2D eigenvalue weighted by Gasteiger charge is -2.27. The Balaban J connectivity index is 2.67. The van der Waals surface area contributed by atoms with Gasteiger partial charge in [-0.1, -0.05) is 23.2 Å². The number of anilines is 1. The number of carbonyl (C=O) groups is 1. The summed E-state index contributed by atoms with van der Waals surface area (Å²) >= 11 is 13.7. The van der Waals surface area contributed by atoms with Crippen molar-refractivity contribution < 1.29 is 4.79 Å². The standard InChI is InChI=1S/C10H9Cl2NOS/c1-5-6(11)3-7-10(9(5)12)13(2)8(14)4-15-7/h3H,4H2,1-2H3. The number of rotatable bonds is 0. The lowest BCUT2D eigenvalue weighted by atomic mass is 10.2. The molecule has 0 fully saturated rings. The van der Waals surface area contributed by atoms with Crippen LogP contribution in [0, 0.1) is 6.92 Å². The third kappa shape index (κ3) is 1.73. The van der Waals surface area contributed by atoms with E-state index in [1.54, 1.807) is 11.9 Å². The van der Waals surface area contributed by atoms with Crippen molar-refractivity contribution in [2.45, 2.75) is 11.8 Å². The van der Waals surface area contributed by atoms with Crippen LogP contribution in [0.3, 0.4) is 0 Å². The molecule has 0 bridgehead atoms. The molecule has 1 aromatic carbocycles. The zero-order valence-corrected chi connectivity index (χ0v) is 10.6. The van der Waals surface area contributed by atoms with Crippen LogP contribution >= 0.6 is 35.0 Å². The maximum atomic E-state index is 11.5. The first kappa shape index (κ1) is 11.1. The van der Waals surface area contributed by atoms with Crippen LogP contribution in [-0.4, -0.2) is 18.7 Å². The van der Waals surface area contributed by atoms with Crippen LogP contribution in [0.5, 0.6) is 0 Å². The molecule has 1 amide bonds. The van der Waals surface area contributed by atoms with Gasteiger partial charge in [-0.2, -0.15) is 0 Å². The fourth-order valence-corrected chi connectivity index (χ4v) is 3.22. The highest BCUT2D eigenvalue weighted by atomic mass is 35.5. The number of benzene rings is 1. The highest BCUT2D eigenvalue weighted by Crippen LogP contribution is 2.43. The summed E-state index contributed by atoms with van der Waals surface area (Å²) in [5.74, 6) is 0.510. The van der Waals surface area contributed by atoms with Crippen LogP contribution in [0.15, 0.2) is 11.0 Å². The van der Waals surface area contributed by atoms with E-state index >= 15 is 0 Å². The van der Waals surface area contributed by atoms with Gasteiger partial charge in [0, 0.05) is 17.0 Å². The van der Waals surface area contributed by atoms with Gasteiger partial charge in [0.15, 0.2) is 0 Å². The van der Waals surface area contributed by atoms with Gasteiger partial charge in [-0.25, -0.2) is 0 Å². The zero-order valence-electron chi connectivity index (χ0n) is 8.30. The SMILES string of the molecule is Cc1c(Cl)cc2c(c1Cl)N(C)C(=O)CS2. The number of carbonyl (C=O) groups excluding carboxylic acids is 1. The zero-order chi connectivity index (χ0) is 11.2. The van der Waals surface area contributed by atoms with E-state index in [-0.39, 0.29) is 5.91 Å². The minimum Gasteiger partial charge on any atom is -0.312 e. The molecule has 15 heavy (non-hydrogen) atoms. The summed E-state index contributed by atoms with van der Waals surface area (Å²) in [5.41, 5.74) is 1.60. The minimum atomic E-state index is 0.0659. The Morgan fingerprint density at radius 1 is 1.47 bits per heavy atom. The second-order valence-electron chi connectivity index (χ2n) is 3.39. The van der Waals surface area contributed by atoms with E-state index < -0.39 is 0 Å². The number of thioether (sulfide) groups is 1. The highest BCUT2D eigenvalue weighted by Gasteiger charge is 2.25. The topological polar surface area (TPSA) is 20.3 Å². The van der Waals surface area contributed by atoms with Crippen LogP contribution < -0.4 is 4.90 Å². The third-order valence-electron chi connectivity index (χ3n) is 2.45. The van der Waals surface area contributed by atoms with E-state index in [1.165, 1.54) is 11.8 Å². The molecule has 0 radical (unpaired) electrons. The smallest absolute Gasteiger partial charge is 0.237 e. The molecule has 1 heterocycles. The van der Waals surface area contributed by atoms with Crippen LogP contribution in [0.4, 0.5) is 5.69 Å². The van der Waals surface area contributed by atoms with Crippen molar-refractivity contribution in [3.63, 3.8) is 0 Å². The molecule has 0 aromatic heterocycles. The first-order chi connectivity index (χ1) is 7.02. The molecule has 0 aliphatic carbocycles. The van der Waals surface area contributed by atoms with Crippen molar-refractivity contribution in [1.82, 2.24) is 0 Å². The summed E-state index contributed by atoms with van der Waals surface area (Å²) < 4.78 is 0. The Bertz CT molecular complexity index is 448. The van der Waals surface area contributed by atoms with E-state index in [4.69, 9.17) is 23.2 Å². The summed E-state index contributed by atoms with van der Waals surface area (Å²) in [6.07, 6.45) is 0. The highest BCUT2D eigenvalue weighted by molar-refractivity contribution is 8.00. The average molecular weight is 262 g/mol. The Labute approximate surface area is 103 Å². The van der Waals surface area contributed by atoms with Crippen LogP contribution in [0.2, 0.25) is 10.0 Å². The summed E-state index contributed by atoms with van der Waals surface area (Å²) in [5, 5.41) is 1.22. The van der Waals surface area contributed by atoms with Crippen molar-refractivity contribution in [2.75, 3.05) is 17.7 Å². The first-order valence-corrected chi connectivity index (χ1v) is 6.14. The van der Waals surface area contributed by atoms with Gasteiger partial charge in [0.05, 0.1) is 16.5 Å². The van der Waals surface area contributed by atoms with Crippen molar-refractivity contribution in [1.29, 1.82) is 0 Å². The monoisotopic (exact) mass is 261 g/mol. The summed E-state index contributed by atoms with van der Waals surface area (Å²) in [4.78, 5) is 14.1. The van der Waals surface area contributed by atoms with Crippen molar-refractivity contribution in [3.05, 3.63) is 21.7 Å². The Morgan fingerprint density at radius 3 is 2.80 bits per heavy atom.